The number of nitrogens with zero attached hydrogens (tertiary/aromatic N) is 3. The van der Waals surface area contributed by atoms with Gasteiger partial charge in [0.1, 0.15) is 12.4 Å². The Morgan fingerprint density at radius 2 is 2.04 bits per heavy atom. The number of carboxylic acids is 1. The minimum Gasteiger partial charge on any atom is -0.478 e. The van der Waals surface area contributed by atoms with Crippen molar-refractivity contribution in [3.63, 3.8) is 0 Å². The van der Waals surface area contributed by atoms with Crippen LogP contribution < -0.4 is 4.74 Å². The van der Waals surface area contributed by atoms with Crippen LogP contribution in [-0.2, 0) is 6.61 Å². The molecule has 0 aliphatic carbocycles. The number of halogens is 1. The first-order chi connectivity index (χ1) is 12.0. The Kier molecular flexibility index (Phi) is 4.47. The smallest absolute Gasteiger partial charge is 0.335 e. The molecule has 2 aromatic heterocycles. The van der Waals surface area contributed by atoms with Crippen molar-refractivity contribution in [2.24, 2.45) is 0 Å². The molecule has 0 saturated carbocycles. The second-order valence-corrected chi connectivity index (χ2v) is 5.56. The van der Waals surface area contributed by atoms with Gasteiger partial charge in [0.15, 0.2) is 5.82 Å². The molecule has 0 aliphatic heterocycles. The van der Waals surface area contributed by atoms with E-state index in [0.717, 1.165) is 5.56 Å². The van der Waals surface area contributed by atoms with E-state index in [1.807, 2.05) is 13.0 Å². The third kappa shape index (κ3) is 3.35. The summed E-state index contributed by atoms with van der Waals surface area (Å²) in [6.45, 7) is 3.59. The molecule has 128 valence electrons. The van der Waals surface area contributed by atoms with Crippen molar-refractivity contribution >= 4 is 5.97 Å². The molecule has 0 aliphatic rings. The Bertz CT molecular complexity index is 937. The fourth-order valence-electron chi connectivity index (χ4n) is 2.34. The molecule has 0 amide bonds. The number of pyridine rings is 1. The van der Waals surface area contributed by atoms with Crippen LogP contribution in [0.3, 0.4) is 0 Å². The van der Waals surface area contributed by atoms with Gasteiger partial charge in [0.2, 0.25) is 5.88 Å². The number of rotatable bonds is 5. The first-order valence-electron chi connectivity index (χ1n) is 7.58. The van der Waals surface area contributed by atoms with Crippen LogP contribution in [0.2, 0.25) is 0 Å². The molecule has 3 rings (SSSR count). The highest BCUT2D eigenvalue weighted by Crippen LogP contribution is 2.21. The van der Waals surface area contributed by atoms with Crippen molar-refractivity contribution in [2.45, 2.75) is 20.5 Å². The Balaban J connectivity index is 1.85. The van der Waals surface area contributed by atoms with Gasteiger partial charge in [-0.1, -0.05) is 12.1 Å². The molecule has 7 heteroatoms. The molecule has 2 heterocycles. The van der Waals surface area contributed by atoms with Gasteiger partial charge in [-0.05, 0) is 37.1 Å². The first kappa shape index (κ1) is 16.6. The largest absolute Gasteiger partial charge is 0.478 e. The molecule has 1 N–H and O–H groups in total. The van der Waals surface area contributed by atoms with Crippen molar-refractivity contribution in [3.05, 3.63) is 70.8 Å². The Morgan fingerprint density at radius 1 is 1.24 bits per heavy atom. The summed E-state index contributed by atoms with van der Waals surface area (Å²) in [7, 11) is 0. The fraction of sp³-hybridized carbons (Fsp3) is 0.167. The van der Waals surface area contributed by atoms with Gasteiger partial charge in [0.25, 0.3) is 0 Å². The predicted molar refractivity (Wildman–Crippen MR) is 88.5 cm³/mol. The molecule has 0 unspecified atom stereocenters. The van der Waals surface area contributed by atoms with Gasteiger partial charge in [-0.2, -0.15) is 9.78 Å². The minimum absolute atomic E-state index is 0.0251. The lowest BCUT2D eigenvalue weighted by Crippen LogP contribution is -2.08. The van der Waals surface area contributed by atoms with Crippen molar-refractivity contribution in [3.8, 4) is 11.7 Å². The van der Waals surface area contributed by atoms with Gasteiger partial charge in [0.05, 0.1) is 11.8 Å². The second kappa shape index (κ2) is 6.72. The normalized spacial score (nSPS) is 10.7. The summed E-state index contributed by atoms with van der Waals surface area (Å²) in [5, 5.41) is 13.2. The number of carboxylic acid groups (broad SMARTS) is 1. The lowest BCUT2D eigenvalue weighted by atomic mass is 10.1. The van der Waals surface area contributed by atoms with Gasteiger partial charge in [0, 0.05) is 17.8 Å². The number of aromatic carboxylic acids is 1. The topological polar surface area (TPSA) is 77.2 Å². The van der Waals surface area contributed by atoms with Gasteiger partial charge >= 0.3 is 5.97 Å². The maximum absolute atomic E-state index is 14.3. The van der Waals surface area contributed by atoms with Crippen molar-refractivity contribution in [2.75, 3.05) is 0 Å². The molecule has 0 saturated heterocycles. The molecule has 6 nitrogen and oxygen atoms in total. The highest BCUT2D eigenvalue weighted by molar-refractivity contribution is 5.87. The number of carbonyl (C=O) groups is 1. The summed E-state index contributed by atoms with van der Waals surface area (Å²) in [6, 6.07) is 7.90. The Labute approximate surface area is 143 Å². The van der Waals surface area contributed by atoms with Crippen LogP contribution in [0.15, 0.2) is 42.7 Å². The Hall–Kier alpha value is -3.22. The highest BCUT2D eigenvalue weighted by atomic mass is 19.1. The van der Waals surface area contributed by atoms with Crippen LogP contribution in [0, 0.1) is 19.7 Å². The summed E-state index contributed by atoms with van der Waals surface area (Å²) in [4.78, 5) is 15.2. The van der Waals surface area contributed by atoms with Gasteiger partial charge in [-0.25, -0.2) is 14.2 Å². The average Bonchev–Trinajstić information content (AvgIpc) is 3.08. The predicted octanol–water partition coefficient (Wildman–Crippen LogP) is 3.30. The molecule has 0 radical (unpaired) electrons. The number of hydrogen-bond acceptors (Lipinski definition) is 4. The van der Waals surface area contributed by atoms with Gasteiger partial charge in [-0.3, -0.25) is 0 Å². The van der Waals surface area contributed by atoms with Crippen LogP contribution in [0.25, 0.3) is 5.82 Å². The van der Waals surface area contributed by atoms with Crippen molar-refractivity contribution in [1.29, 1.82) is 0 Å². The number of aryl methyl sites for hydroxylation is 1. The maximum Gasteiger partial charge on any atom is 0.335 e. The third-order valence-electron chi connectivity index (χ3n) is 3.93. The summed E-state index contributed by atoms with van der Waals surface area (Å²) in [5.41, 5.74) is 1.99. The van der Waals surface area contributed by atoms with E-state index in [1.165, 1.54) is 29.2 Å². The number of hydrogen-bond donors (Lipinski definition) is 1. The van der Waals surface area contributed by atoms with Crippen LogP contribution in [0.4, 0.5) is 4.39 Å². The fourth-order valence-corrected chi connectivity index (χ4v) is 2.34. The summed E-state index contributed by atoms with van der Waals surface area (Å²) >= 11 is 0. The van der Waals surface area contributed by atoms with E-state index in [2.05, 4.69) is 10.1 Å². The summed E-state index contributed by atoms with van der Waals surface area (Å²) < 4.78 is 21.3. The standard InChI is InChI=1S/C18H16FN3O3/c1-11-3-4-14(17(19)12(11)2)10-25-16-6-8-21-22(16)15-9-13(18(23)24)5-7-20-15/h3-9H,10H2,1-2H3,(H,23,24). The molecule has 3 aromatic rings. The molecular formula is C18H16FN3O3. The first-order valence-corrected chi connectivity index (χ1v) is 7.58. The van der Waals surface area contributed by atoms with Gasteiger partial charge < -0.3 is 9.84 Å². The molecule has 25 heavy (non-hydrogen) atoms. The van der Waals surface area contributed by atoms with Gasteiger partial charge in [-0.15, -0.1) is 0 Å². The van der Waals surface area contributed by atoms with E-state index in [0.29, 0.717) is 22.8 Å². The van der Waals surface area contributed by atoms with Crippen molar-refractivity contribution < 1.29 is 19.0 Å². The lowest BCUT2D eigenvalue weighted by molar-refractivity contribution is 0.0696. The van der Waals surface area contributed by atoms with Crippen LogP contribution in [-0.4, -0.2) is 25.8 Å². The molecule has 0 atom stereocenters. The Morgan fingerprint density at radius 3 is 2.80 bits per heavy atom. The molecule has 0 spiro atoms. The average molecular weight is 341 g/mol. The SMILES string of the molecule is Cc1ccc(COc2ccnn2-c2cc(C(=O)O)ccn2)c(F)c1C. The van der Waals surface area contributed by atoms with E-state index >= 15 is 0 Å². The van der Waals surface area contributed by atoms with Crippen LogP contribution in [0.5, 0.6) is 5.88 Å². The lowest BCUT2D eigenvalue weighted by Gasteiger charge is -2.11. The van der Waals surface area contributed by atoms with E-state index < -0.39 is 5.97 Å². The zero-order valence-corrected chi connectivity index (χ0v) is 13.7. The monoisotopic (exact) mass is 341 g/mol. The summed E-state index contributed by atoms with van der Waals surface area (Å²) in [6.07, 6.45) is 2.88. The maximum atomic E-state index is 14.3. The number of benzene rings is 1. The zero-order valence-electron chi connectivity index (χ0n) is 13.7. The van der Waals surface area contributed by atoms with E-state index in [9.17, 15) is 9.18 Å². The molecule has 1 aromatic carbocycles. The van der Waals surface area contributed by atoms with E-state index in [-0.39, 0.29) is 18.0 Å². The quantitative estimate of drug-likeness (QED) is 0.770. The zero-order chi connectivity index (χ0) is 18.0. The molecular weight excluding hydrogens is 325 g/mol. The van der Waals surface area contributed by atoms with Crippen LogP contribution >= 0.6 is 0 Å². The van der Waals surface area contributed by atoms with E-state index in [1.54, 1.807) is 19.1 Å². The minimum atomic E-state index is -1.06. The van der Waals surface area contributed by atoms with E-state index in [4.69, 9.17) is 9.84 Å². The summed E-state index contributed by atoms with van der Waals surface area (Å²) in [5.74, 6) is -0.708. The van der Waals surface area contributed by atoms with Crippen molar-refractivity contribution in [1.82, 2.24) is 14.8 Å². The van der Waals surface area contributed by atoms with Crippen LogP contribution in [0.1, 0.15) is 27.0 Å². The number of aromatic nitrogens is 3. The second-order valence-electron chi connectivity index (χ2n) is 5.56. The molecule has 0 bridgehead atoms. The molecule has 0 fully saturated rings. The number of ether oxygens (including phenoxy) is 1. The third-order valence-corrected chi connectivity index (χ3v) is 3.93. The highest BCUT2D eigenvalue weighted by Gasteiger charge is 2.13.